The van der Waals surface area contributed by atoms with Crippen LogP contribution in [-0.2, 0) is 11.3 Å². The number of carbonyl (C=O) groups is 1. The number of aromatic nitrogens is 2. The first-order chi connectivity index (χ1) is 11.8. The van der Waals surface area contributed by atoms with Crippen molar-refractivity contribution in [2.75, 3.05) is 13.1 Å². The molecule has 1 unspecified atom stereocenters. The molecule has 0 fully saturated rings. The van der Waals surface area contributed by atoms with E-state index in [-0.39, 0.29) is 18.5 Å². The fourth-order valence-corrected chi connectivity index (χ4v) is 3.26. The fourth-order valence-electron chi connectivity index (χ4n) is 2.46. The van der Waals surface area contributed by atoms with E-state index in [1.54, 1.807) is 17.5 Å². The van der Waals surface area contributed by atoms with Gasteiger partial charge in [0.15, 0.2) is 0 Å². The molecule has 124 valence electrons. The largest absolute Gasteiger partial charge is 0.343 e. The van der Waals surface area contributed by atoms with Gasteiger partial charge in [-0.05, 0) is 23.1 Å². The first kappa shape index (κ1) is 16.4. The molecule has 0 saturated carbocycles. The summed E-state index contributed by atoms with van der Waals surface area (Å²) >= 11 is 1.65. The van der Waals surface area contributed by atoms with E-state index in [4.69, 9.17) is 0 Å². The molecular weight excluding hydrogens is 320 g/mol. The Balaban J connectivity index is 1.54. The zero-order valence-electron chi connectivity index (χ0n) is 13.3. The summed E-state index contributed by atoms with van der Waals surface area (Å²) in [5.41, 5.74) is 1.09. The number of rotatable bonds is 8. The highest BCUT2D eigenvalue weighted by atomic mass is 32.1. The molecule has 0 aliphatic rings. The van der Waals surface area contributed by atoms with Gasteiger partial charge in [0, 0.05) is 23.8 Å². The summed E-state index contributed by atoms with van der Waals surface area (Å²) in [4.78, 5) is 13.4. The third kappa shape index (κ3) is 4.53. The zero-order valence-corrected chi connectivity index (χ0v) is 14.1. The van der Waals surface area contributed by atoms with Crippen LogP contribution in [0.15, 0.2) is 66.3 Å². The molecule has 1 atom stereocenters. The Morgan fingerprint density at radius 3 is 2.75 bits per heavy atom. The number of hydrogen-bond acceptors (Lipinski definition) is 4. The SMILES string of the molecule is O=C(CNCCn1cccn1)NC(c1ccccc1)c1cccs1. The molecule has 0 spiro atoms. The van der Waals surface area contributed by atoms with E-state index >= 15 is 0 Å². The molecule has 3 aromatic rings. The molecule has 0 radical (unpaired) electrons. The van der Waals surface area contributed by atoms with Gasteiger partial charge in [0.1, 0.15) is 0 Å². The van der Waals surface area contributed by atoms with E-state index in [1.807, 2.05) is 64.8 Å². The first-order valence-electron chi connectivity index (χ1n) is 7.89. The molecule has 5 nitrogen and oxygen atoms in total. The van der Waals surface area contributed by atoms with Crippen molar-refractivity contribution in [2.45, 2.75) is 12.6 Å². The van der Waals surface area contributed by atoms with Crippen molar-refractivity contribution in [2.24, 2.45) is 0 Å². The van der Waals surface area contributed by atoms with Crippen LogP contribution in [-0.4, -0.2) is 28.8 Å². The maximum Gasteiger partial charge on any atom is 0.234 e. The topological polar surface area (TPSA) is 59.0 Å². The predicted molar refractivity (Wildman–Crippen MR) is 95.8 cm³/mol. The van der Waals surface area contributed by atoms with Gasteiger partial charge in [-0.25, -0.2) is 0 Å². The van der Waals surface area contributed by atoms with Crippen molar-refractivity contribution in [3.63, 3.8) is 0 Å². The minimum Gasteiger partial charge on any atom is -0.343 e. The van der Waals surface area contributed by atoms with E-state index in [0.29, 0.717) is 6.54 Å². The number of carbonyl (C=O) groups excluding carboxylic acids is 1. The lowest BCUT2D eigenvalue weighted by Gasteiger charge is -2.18. The molecule has 2 N–H and O–H groups in total. The quantitative estimate of drug-likeness (QED) is 0.619. The molecule has 0 aliphatic heterocycles. The second-order valence-electron chi connectivity index (χ2n) is 5.37. The highest BCUT2D eigenvalue weighted by Gasteiger charge is 2.17. The Kier molecular flexibility index (Phi) is 5.76. The average molecular weight is 340 g/mol. The zero-order chi connectivity index (χ0) is 16.6. The third-order valence-electron chi connectivity index (χ3n) is 3.63. The van der Waals surface area contributed by atoms with Crippen molar-refractivity contribution >= 4 is 17.2 Å². The molecule has 2 aromatic heterocycles. The van der Waals surface area contributed by atoms with Gasteiger partial charge >= 0.3 is 0 Å². The lowest BCUT2D eigenvalue weighted by Crippen LogP contribution is -2.37. The summed E-state index contributed by atoms with van der Waals surface area (Å²) in [7, 11) is 0. The number of amides is 1. The summed E-state index contributed by atoms with van der Waals surface area (Å²) in [5, 5.41) is 12.4. The molecule has 1 amide bonds. The van der Waals surface area contributed by atoms with Gasteiger partial charge in [-0.1, -0.05) is 36.4 Å². The van der Waals surface area contributed by atoms with Crippen LogP contribution >= 0.6 is 11.3 Å². The molecule has 2 heterocycles. The Labute approximate surface area is 145 Å². The minimum atomic E-state index is -0.105. The van der Waals surface area contributed by atoms with Gasteiger partial charge in [0.25, 0.3) is 0 Å². The molecule has 6 heteroatoms. The summed E-state index contributed by atoms with van der Waals surface area (Å²) in [5.74, 6) is -0.0160. The van der Waals surface area contributed by atoms with Crippen molar-refractivity contribution in [1.29, 1.82) is 0 Å². The van der Waals surface area contributed by atoms with Crippen molar-refractivity contribution in [3.05, 3.63) is 76.7 Å². The second kappa shape index (κ2) is 8.42. The minimum absolute atomic E-state index is 0.0160. The number of benzene rings is 1. The maximum absolute atomic E-state index is 12.3. The summed E-state index contributed by atoms with van der Waals surface area (Å²) < 4.78 is 1.84. The lowest BCUT2D eigenvalue weighted by molar-refractivity contribution is -0.120. The molecular formula is C18H20N4OS. The summed E-state index contributed by atoms with van der Waals surface area (Å²) in [6, 6.07) is 15.9. The molecule has 24 heavy (non-hydrogen) atoms. The van der Waals surface area contributed by atoms with Gasteiger partial charge < -0.3 is 10.6 Å². The maximum atomic E-state index is 12.3. The molecule has 0 bridgehead atoms. The highest BCUT2D eigenvalue weighted by molar-refractivity contribution is 7.10. The van der Waals surface area contributed by atoms with Crippen molar-refractivity contribution in [1.82, 2.24) is 20.4 Å². The standard InChI is InChI=1S/C18H20N4OS/c23-17(14-19-10-12-22-11-5-9-20-22)21-18(16-8-4-13-24-16)15-6-2-1-3-7-15/h1-9,11,13,18-19H,10,12,14H2,(H,21,23). The lowest BCUT2D eigenvalue weighted by atomic mass is 10.1. The number of hydrogen-bond donors (Lipinski definition) is 2. The number of thiophene rings is 1. The smallest absolute Gasteiger partial charge is 0.234 e. The fraction of sp³-hybridized carbons (Fsp3) is 0.222. The van der Waals surface area contributed by atoms with Crippen molar-refractivity contribution in [3.8, 4) is 0 Å². The van der Waals surface area contributed by atoms with Crippen LogP contribution in [0.2, 0.25) is 0 Å². The van der Waals surface area contributed by atoms with Crippen LogP contribution in [0.5, 0.6) is 0 Å². The molecule has 1 aromatic carbocycles. The normalized spacial score (nSPS) is 12.0. The molecule has 0 saturated heterocycles. The Hall–Kier alpha value is -2.44. The van der Waals surface area contributed by atoms with E-state index in [1.165, 1.54) is 0 Å². The average Bonchev–Trinajstić information content (AvgIpc) is 3.31. The van der Waals surface area contributed by atoms with Crippen LogP contribution in [0.4, 0.5) is 0 Å². The van der Waals surface area contributed by atoms with E-state index < -0.39 is 0 Å². The first-order valence-corrected chi connectivity index (χ1v) is 8.77. The third-order valence-corrected chi connectivity index (χ3v) is 4.57. The Morgan fingerprint density at radius 2 is 2.04 bits per heavy atom. The monoisotopic (exact) mass is 340 g/mol. The van der Waals surface area contributed by atoms with Crippen LogP contribution in [0.3, 0.4) is 0 Å². The predicted octanol–water partition coefficient (Wildman–Crippen LogP) is 2.44. The van der Waals surface area contributed by atoms with Gasteiger partial charge in [0.2, 0.25) is 5.91 Å². The highest BCUT2D eigenvalue weighted by Crippen LogP contribution is 2.25. The van der Waals surface area contributed by atoms with Gasteiger partial charge in [-0.2, -0.15) is 5.10 Å². The number of nitrogens with one attached hydrogen (secondary N) is 2. The van der Waals surface area contributed by atoms with Gasteiger partial charge in [-0.3, -0.25) is 9.48 Å². The van der Waals surface area contributed by atoms with Crippen LogP contribution in [0, 0.1) is 0 Å². The Morgan fingerprint density at radius 1 is 1.17 bits per heavy atom. The van der Waals surface area contributed by atoms with Gasteiger partial charge in [0.05, 0.1) is 19.1 Å². The second-order valence-corrected chi connectivity index (χ2v) is 6.35. The van der Waals surface area contributed by atoms with Gasteiger partial charge in [-0.15, -0.1) is 11.3 Å². The molecule has 0 aliphatic carbocycles. The summed E-state index contributed by atoms with van der Waals surface area (Å²) in [6.07, 6.45) is 3.65. The number of nitrogens with zero attached hydrogens (tertiary/aromatic N) is 2. The van der Waals surface area contributed by atoms with E-state index in [0.717, 1.165) is 17.0 Å². The van der Waals surface area contributed by atoms with Crippen LogP contribution in [0.1, 0.15) is 16.5 Å². The summed E-state index contributed by atoms with van der Waals surface area (Å²) in [6.45, 7) is 1.73. The Bertz CT molecular complexity index is 726. The van der Waals surface area contributed by atoms with E-state index in [2.05, 4.69) is 15.7 Å². The van der Waals surface area contributed by atoms with Crippen LogP contribution in [0.25, 0.3) is 0 Å². The van der Waals surface area contributed by atoms with Crippen LogP contribution < -0.4 is 10.6 Å². The van der Waals surface area contributed by atoms with Crippen molar-refractivity contribution < 1.29 is 4.79 Å². The van der Waals surface area contributed by atoms with E-state index in [9.17, 15) is 4.79 Å². The molecule has 3 rings (SSSR count).